The summed E-state index contributed by atoms with van der Waals surface area (Å²) in [7, 11) is -4.17. The molecule has 1 aliphatic carbocycles. The number of nitrogens with zero attached hydrogens (tertiary/aromatic N) is 2. The lowest BCUT2D eigenvalue weighted by molar-refractivity contribution is 0.00781. The van der Waals surface area contributed by atoms with Crippen LogP contribution in [0.15, 0.2) is 18.5 Å². The maximum absolute atomic E-state index is 13.7. The number of pyridine rings is 1. The van der Waals surface area contributed by atoms with Gasteiger partial charge in [-0.2, -0.15) is 8.42 Å². The van der Waals surface area contributed by atoms with E-state index in [0.717, 1.165) is 11.3 Å². The number of nitrogens with two attached hydrogens (primary N) is 1. The second kappa shape index (κ2) is 9.38. The summed E-state index contributed by atoms with van der Waals surface area (Å²) in [4.78, 5) is 18.0. The zero-order chi connectivity index (χ0) is 25.6. The molecule has 0 aliphatic heterocycles. The molecule has 0 radical (unpaired) electrons. The fraction of sp³-hybridized carbons (Fsp3) is 0.565. The molecule has 34 heavy (non-hydrogen) atoms. The Morgan fingerprint density at radius 2 is 1.91 bits per heavy atom. The van der Waals surface area contributed by atoms with Gasteiger partial charge in [-0.1, -0.05) is 0 Å². The fourth-order valence-corrected chi connectivity index (χ4v) is 4.91. The van der Waals surface area contributed by atoms with E-state index < -0.39 is 34.5 Å². The smallest absolute Gasteiger partial charge is 0.333 e. The molecule has 1 saturated carbocycles. The number of nitrogens with one attached hydrogen (secondary N) is 1. The number of carbonyl (C=O) groups is 1. The van der Waals surface area contributed by atoms with Crippen molar-refractivity contribution in [2.24, 2.45) is 11.1 Å². The van der Waals surface area contributed by atoms with Crippen LogP contribution in [0.25, 0.3) is 0 Å². The highest BCUT2D eigenvalue weighted by atomic mass is 32.2. The summed E-state index contributed by atoms with van der Waals surface area (Å²) in [5.74, 6) is -0.850. The maximum Gasteiger partial charge on any atom is 0.333 e. The van der Waals surface area contributed by atoms with Crippen molar-refractivity contribution >= 4 is 21.8 Å². The molecule has 0 unspecified atom stereocenters. The predicted octanol–water partition coefficient (Wildman–Crippen LogP) is 1.54. The van der Waals surface area contributed by atoms with E-state index in [0.29, 0.717) is 22.5 Å². The molecule has 11 heteroatoms. The van der Waals surface area contributed by atoms with Crippen molar-refractivity contribution in [2.45, 2.75) is 71.8 Å². The molecular formula is C23H34N4O6S. The summed E-state index contributed by atoms with van der Waals surface area (Å²) in [6, 6.07) is 1.01. The van der Waals surface area contributed by atoms with Gasteiger partial charge in [0.15, 0.2) is 5.78 Å². The average molecular weight is 495 g/mol. The Morgan fingerprint density at radius 1 is 1.26 bits per heavy atom. The summed E-state index contributed by atoms with van der Waals surface area (Å²) in [6.07, 6.45) is 1.22. The van der Waals surface area contributed by atoms with E-state index in [1.807, 2.05) is 20.0 Å². The Kier molecular flexibility index (Phi) is 7.26. The molecule has 0 spiro atoms. The van der Waals surface area contributed by atoms with Crippen LogP contribution in [0, 0.1) is 26.7 Å². The standard InChI is InChI=1S/C23H34N4O6S/c1-12-14(3)27(23(4,5)6)10-16(12)21(29)19-13(2)25-8-7-17(19)26-18-9-15(20(28)22(18)30)11-33-34(24,31)32/h7-8,10,15,18,20,22,28,30H,9,11H2,1-6H3,(H,25,26)(H2,24,31,32)/t15-,18-,20-,22+/m1/s1. The van der Waals surface area contributed by atoms with E-state index in [1.165, 1.54) is 0 Å². The highest BCUT2D eigenvalue weighted by molar-refractivity contribution is 7.84. The Labute approximate surface area is 200 Å². The number of hydrogen-bond acceptors (Lipinski definition) is 8. The zero-order valence-electron chi connectivity index (χ0n) is 20.4. The number of ketones is 1. The first kappa shape index (κ1) is 26.3. The number of hydrogen-bond donors (Lipinski definition) is 4. The van der Waals surface area contributed by atoms with E-state index in [-0.39, 0.29) is 24.3 Å². The number of aryl methyl sites for hydroxylation is 1. The first-order valence-electron chi connectivity index (χ1n) is 11.1. The van der Waals surface area contributed by atoms with Crippen molar-refractivity contribution in [2.75, 3.05) is 11.9 Å². The molecule has 0 amide bonds. The topological polar surface area (TPSA) is 157 Å². The third-order valence-electron chi connectivity index (χ3n) is 6.49. The van der Waals surface area contributed by atoms with Crippen LogP contribution >= 0.6 is 0 Å². The number of aliphatic hydroxyl groups excluding tert-OH is 2. The van der Waals surface area contributed by atoms with Crippen LogP contribution in [0.4, 0.5) is 5.69 Å². The zero-order valence-corrected chi connectivity index (χ0v) is 21.2. The van der Waals surface area contributed by atoms with Gasteiger partial charge in [-0.25, -0.2) is 5.14 Å². The molecule has 1 aliphatic rings. The first-order valence-corrected chi connectivity index (χ1v) is 12.6. The number of aliphatic hydroxyl groups is 2. The van der Waals surface area contributed by atoms with Crippen molar-refractivity contribution in [3.63, 3.8) is 0 Å². The quantitative estimate of drug-likeness (QED) is 0.422. The van der Waals surface area contributed by atoms with E-state index in [2.05, 4.69) is 39.8 Å². The van der Waals surface area contributed by atoms with Gasteiger partial charge in [-0.05, 0) is 59.6 Å². The minimum atomic E-state index is -4.17. The summed E-state index contributed by atoms with van der Waals surface area (Å²) in [5.41, 5.74) is 3.63. The van der Waals surface area contributed by atoms with Crippen LogP contribution in [0.3, 0.4) is 0 Å². The number of carbonyl (C=O) groups excluding carboxylic acids is 1. The molecule has 5 N–H and O–H groups in total. The number of rotatable bonds is 7. The Bertz CT molecular complexity index is 1180. The van der Waals surface area contributed by atoms with E-state index >= 15 is 0 Å². The van der Waals surface area contributed by atoms with Crippen molar-refractivity contribution in [1.29, 1.82) is 0 Å². The van der Waals surface area contributed by atoms with Crippen LogP contribution in [0.1, 0.15) is 60.1 Å². The molecule has 3 rings (SSSR count). The molecule has 2 heterocycles. The van der Waals surface area contributed by atoms with Crippen molar-refractivity contribution in [3.05, 3.63) is 46.5 Å². The second-order valence-corrected chi connectivity index (χ2v) is 11.2. The Balaban J connectivity index is 1.91. The van der Waals surface area contributed by atoms with Crippen LogP contribution < -0.4 is 10.5 Å². The van der Waals surface area contributed by atoms with Crippen LogP contribution in [-0.2, 0) is 20.0 Å². The van der Waals surface area contributed by atoms with Gasteiger partial charge in [0.05, 0.1) is 30.0 Å². The SMILES string of the molecule is Cc1nccc(N[C@@H]2C[C@H](COS(N)(=O)=O)[C@@H](O)[C@H]2O)c1C(=O)c1cn(C(C)(C)C)c(C)c1C. The lowest BCUT2D eigenvalue weighted by Crippen LogP contribution is -2.36. The highest BCUT2D eigenvalue weighted by Gasteiger charge is 2.42. The van der Waals surface area contributed by atoms with Gasteiger partial charge in [0.25, 0.3) is 0 Å². The maximum atomic E-state index is 13.7. The average Bonchev–Trinajstić information content (AvgIpc) is 3.16. The minimum absolute atomic E-state index is 0.196. The van der Waals surface area contributed by atoms with Crippen molar-refractivity contribution in [1.82, 2.24) is 9.55 Å². The summed E-state index contributed by atoms with van der Waals surface area (Å²) in [5, 5.41) is 29.0. The molecule has 0 bridgehead atoms. The second-order valence-electron chi connectivity index (χ2n) is 9.95. The van der Waals surface area contributed by atoms with E-state index in [9.17, 15) is 23.4 Å². The van der Waals surface area contributed by atoms with Crippen molar-refractivity contribution < 1.29 is 27.6 Å². The lowest BCUT2D eigenvalue weighted by atomic mass is 9.99. The minimum Gasteiger partial charge on any atom is -0.390 e. The van der Waals surface area contributed by atoms with Gasteiger partial charge in [-0.3, -0.25) is 14.0 Å². The van der Waals surface area contributed by atoms with Gasteiger partial charge < -0.3 is 20.1 Å². The van der Waals surface area contributed by atoms with Gasteiger partial charge in [0.2, 0.25) is 0 Å². The summed E-state index contributed by atoms with van der Waals surface area (Å²) < 4.78 is 28.9. The number of anilines is 1. The third-order valence-corrected chi connectivity index (χ3v) is 6.95. The van der Waals surface area contributed by atoms with Gasteiger partial charge >= 0.3 is 10.3 Å². The highest BCUT2D eigenvalue weighted by Crippen LogP contribution is 2.33. The predicted molar refractivity (Wildman–Crippen MR) is 128 cm³/mol. The molecule has 188 valence electrons. The van der Waals surface area contributed by atoms with Crippen LogP contribution in [0.5, 0.6) is 0 Å². The normalized spacial score (nSPS) is 23.3. The van der Waals surface area contributed by atoms with Crippen LogP contribution in [-0.4, -0.2) is 58.8 Å². The molecule has 2 aromatic heterocycles. The van der Waals surface area contributed by atoms with Crippen molar-refractivity contribution in [3.8, 4) is 0 Å². The Morgan fingerprint density at radius 3 is 2.47 bits per heavy atom. The molecule has 4 atom stereocenters. The molecule has 0 aromatic carbocycles. The molecular weight excluding hydrogens is 460 g/mol. The summed E-state index contributed by atoms with van der Waals surface area (Å²) in [6.45, 7) is 11.5. The third kappa shape index (κ3) is 5.33. The molecule has 10 nitrogen and oxygen atoms in total. The van der Waals surface area contributed by atoms with Gasteiger partial charge in [-0.15, -0.1) is 0 Å². The monoisotopic (exact) mass is 494 g/mol. The molecule has 2 aromatic rings. The van der Waals surface area contributed by atoms with Crippen LogP contribution in [0.2, 0.25) is 0 Å². The van der Waals surface area contributed by atoms with Gasteiger partial charge in [0, 0.05) is 40.8 Å². The first-order chi connectivity index (χ1) is 15.6. The molecule has 1 fully saturated rings. The lowest BCUT2D eigenvalue weighted by Gasteiger charge is -2.23. The fourth-order valence-electron chi connectivity index (χ4n) is 4.55. The Hall–Kier alpha value is -2.31. The molecule has 0 saturated heterocycles. The summed E-state index contributed by atoms with van der Waals surface area (Å²) >= 11 is 0. The van der Waals surface area contributed by atoms with Gasteiger partial charge in [0.1, 0.15) is 6.10 Å². The number of aromatic nitrogens is 2. The van der Waals surface area contributed by atoms with E-state index in [1.54, 1.807) is 19.2 Å². The van der Waals surface area contributed by atoms with E-state index in [4.69, 9.17) is 5.14 Å². The largest absolute Gasteiger partial charge is 0.390 e.